The number of imide groups is 1. The second-order valence-electron chi connectivity index (χ2n) is 8.41. The molecule has 3 aliphatic heterocycles. The number of hydrogen-bond acceptors (Lipinski definition) is 3. The first kappa shape index (κ1) is 17.5. The monoisotopic (exact) mass is 355 g/mol. The summed E-state index contributed by atoms with van der Waals surface area (Å²) in [5.74, 6) is 0.0203. The Morgan fingerprint density at radius 2 is 1.85 bits per heavy atom. The zero-order chi connectivity index (χ0) is 18.5. The van der Waals surface area contributed by atoms with Gasteiger partial charge in [0.25, 0.3) is 5.91 Å². The molecule has 0 radical (unpaired) electrons. The summed E-state index contributed by atoms with van der Waals surface area (Å²) in [6.07, 6.45) is 3.01. The third kappa shape index (κ3) is 2.82. The summed E-state index contributed by atoms with van der Waals surface area (Å²) in [7, 11) is 0. The van der Waals surface area contributed by atoms with Crippen LogP contribution in [0.5, 0.6) is 0 Å². The lowest BCUT2D eigenvalue weighted by Gasteiger charge is -2.39. The quantitative estimate of drug-likeness (QED) is 0.783. The zero-order valence-electron chi connectivity index (χ0n) is 16.1. The molecule has 3 saturated heterocycles. The highest BCUT2D eigenvalue weighted by Gasteiger charge is 2.55. The molecule has 3 heterocycles. The predicted molar refractivity (Wildman–Crippen MR) is 101 cm³/mol. The number of piperidine rings is 1. The summed E-state index contributed by atoms with van der Waals surface area (Å²) < 4.78 is 0. The third-order valence-corrected chi connectivity index (χ3v) is 6.75. The fourth-order valence-corrected chi connectivity index (χ4v) is 4.91. The van der Waals surface area contributed by atoms with Gasteiger partial charge in [0.15, 0.2) is 0 Å². The molecule has 3 aliphatic rings. The van der Waals surface area contributed by atoms with E-state index in [-0.39, 0.29) is 23.4 Å². The number of hydrogen-bond donors (Lipinski definition) is 0. The lowest BCUT2D eigenvalue weighted by Crippen LogP contribution is -2.43. The van der Waals surface area contributed by atoms with Crippen LogP contribution in [-0.2, 0) is 11.3 Å². The molecule has 1 aromatic carbocycles. The highest BCUT2D eigenvalue weighted by Crippen LogP contribution is 2.46. The van der Waals surface area contributed by atoms with Crippen molar-refractivity contribution in [2.75, 3.05) is 26.2 Å². The van der Waals surface area contributed by atoms with Gasteiger partial charge in [0.2, 0.25) is 0 Å². The van der Waals surface area contributed by atoms with Crippen LogP contribution in [0.25, 0.3) is 0 Å². The lowest BCUT2D eigenvalue weighted by molar-refractivity contribution is -0.128. The van der Waals surface area contributed by atoms with E-state index in [4.69, 9.17) is 0 Å². The first-order valence-corrected chi connectivity index (χ1v) is 9.83. The van der Waals surface area contributed by atoms with E-state index in [9.17, 15) is 9.59 Å². The van der Waals surface area contributed by atoms with E-state index in [0.29, 0.717) is 6.54 Å². The van der Waals surface area contributed by atoms with Crippen molar-refractivity contribution in [1.82, 2.24) is 14.7 Å². The zero-order valence-corrected chi connectivity index (χ0v) is 16.1. The number of likely N-dealkylation sites (N-methyl/N-ethyl adjacent to an activating group) is 1. The van der Waals surface area contributed by atoms with Gasteiger partial charge in [-0.1, -0.05) is 18.2 Å². The fourth-order valence-electron chi connectivity index (χ4n) is 4.91. The number of fused-ring (bicyclic) bond motifs is 1. The van der Waals surface area contributed by atoms with Gasteiger partial charge in [0.1, 0.15) is 6.04 Å². The Bertz CT molecular complexity index is 711. The molecule has 0 bridgehead atoms. The van der Waals surface area contributed by atoms with E-state index in [2.05, 4.69) is 36.9 Å². The molecule has 0 aliphatic carbocycles. The van der Waals surface area contributed by atoms with Crippen LogP contribution < -0.4 is 0 Å². The second kappa shape index (κ2) is 6.38. The maximum Gasteiger partial charge on any atom is 0.327 e. The summed E-state index contributed by atoms with van der Waals surface area (Å²) in [4.78, 5) is 30.7. The molecule has 1 spiro atoms. The van der Waals surface area contributed by atoms with Crippen LogP contribution in [0.15, 0.2) is 18.2 Å². The molecule has 0 aromatic heterocycles. The minimum Gasteiger partial charge on any atom is -0.312 e. The standard InChI is InChI=1S/C21H29N3O2/c1-4-23-19(25)18-12-21(14-24(18)20(23)26)7-9-22(10-8-21)13-17-6-5-15(2)16(3)11-17/h5-6,11,18H,4,7-10,12-14H2,1-3H3. The molecule has 3 amide bonds. The van der Waals surface area contributed by atoms with Crippen LogP contribution in [-0.4, -0.2) is 58.9 Å². The second-order valence-corrected chi connectivity index (χ2v) is 8.41. The highest BCUT2D eigenvalue weighted by atomic mass is 16.2. The van der Waals surface area contributed by atoms with E-state index in [1.807, 2.05) is 11.8 Å². The number of nitrogens with zero attached hydrogens (tertiary/aromatic N) is 3. The topological polar surface area (TPSA) is 43.9 Å². The van der Waals surface area contributed by atoms with Crippen molar-refractivity contribution in [2.45, 2.75) is 52.6 Å². The number of amides is 3. The summed E-state index contributed by atoms with van der Waals surface area (Å²) in [6.45, 7) is 10.5. The minimum atomic E-state index is -0.200. The van der Waals surface area contributed by atoms with Crippen molar-refractivity contribution in [3.8, 4) is 0 Å². The largest absolute Gasteiger partial charge is 0.327 e. The molecule has 0 N–H and O–H groups in total. The summed E-state index contributed by atoms with van der Waals surface area (Å²) >= 11 is 0. The normalized spacial score (nSPS) is 25.4. The van der Waals surface area contributed by atoms with Gasteiger partial charge in [-0.15, -0.1) is 0 Å². The summed E-state index contributed by atoms with van der Waals surface area (Å²) in [5.41, 5.74) is 4.22. The predicted octanol–water partition coefficient (Wildman–Crippen LogP) is 2.94. The van der Waals surface area contributed by atoms with Crippen molar-refractivity contribution in [1.29, 1.82) is 0 Å². The van der Waals surface area contributed by atoms with E-state index in [1.165, 1.54) is 21.6 Å². The van der Waals surface area contributed by atoms with Gasteiger partial charge in [-0.25, -0.2) is 4.79 Å². The Hall–Kier alpha value is -1.88. The maximum atomic E-state index is 12.5. The Kier molecular flexibility index (Phi) is 4.30. The van der Waals surface area contributed by atoms with E-state index in [0.717, 1.165) is 45.4 Å². The number of rotatable bonds is 3. The first-order chi connectivity index (χ1) is 12.4. The Morgan fingerprint density at radius 1 is 1.12 bits per heavy atom. The average molecular weight is 355 g/mol. The smallest absolute Gasteiger partial charge is 0.312 e. The van der Waals surface area contributed by atoms with E-state index in [1.54, 1.807) is 0 Å². The molecule has 1 unspecified atom stereocenters. The molecule has 26 heavy (non-hydrogen) atoms. The first-order valence-electron chi connectivity index (χ1n) is 9.83. The Balaban J connectivity index is 1.38. The van der Waals surface area contributed by atoms with Gasteiger partial charge >= 0.3 is 6.03 Å². The number of aryl methyl sites for hydroxylation is 2. The van der Waals surface area contributed by atoms with Crippen molar-refractivity contribution >= 4 is 11.9 Å². The number of carbonyl (C=O) groups is 2. The van der Waals surface area contributed by atoms with Crippen LogP contribution in [0, 0.1) is 19.3 Å². The van der Waals surface area contributed by atoms with Crippen LogP contribution in [0.3, 0.4) is 0 Å². The molecule has 5 nitrogen and oxygen atoms in total. The molecule has 140 valence electrons. The lowest BCUT2D eigenvalue weighted by atomic mass is 9.76. The minimum absolute atomic E-state index is 0.0203. The maximum absolute atomic E-state index is 12.5. The van der Waals surface area contributed by atoms with Gasteiger partial charge in [0, 0.05) is 19.6 Å². The van der Waals surface area contributed by atoms with Gasteiger partial charge in [-0.3, -0.25) is 14.6 Å². The molecule has 1 atom stereocenters. The number of likely N-dealkylation sites (tertiary alicyclic amines) is 1. The Labute approximate surface area is 155 Å². The van der Waals surface area contributed by atoms with Crippen LogP contribution in [0.2, 0.25) is 0 Å². The van der Waals surface area contributed by atoms with Crippen LogP contribution >= 0.6 is 0 Å². The number of benzene rings is 1. The molecule has 1 aromatic rings. The van der Waals surface area contributed by atoms with Crippen LogP contribution in [0.4, 0.5) is 4.79 Å². The fraction of sp³-hybridized carbons (Fsp3) is 0.619. The summed E-state index contributed by atoms with van der Waals surface area (Å²) in [6, 6.07) is 6.46. The van der Waals surface area contributed by atoms with Crippen LogP contribution in [0.1, 0.15) is 42.9 Å². The van der Waals surface area contributed by atoms with Gasteiger partial charge < -0.3 is 4.90 Å². The summed E-state index contributed by atoms with van der Waals surface area (Å²) in [5, 5.41) is 0. The van der Waals surface area contributed by atoms with Crippen molar-refractivity contribution < 1.29 is 9.59 Å². The van der Waals surface area contributed by atoms with Gasteiger partial charge in [-0.05, 0) is 75.2 Å². The molecule has 0 saturated carbocycles. The van der Waals surface area contributed by atoms with Crippen molar-refractivity contribution in [3.05, 3.63) is 34.9 Å². The van der Waals surface area contributed by atoms with Crippen molar-refractivity contribution in [2.24, 2.45) is 5.41 Å². The van der Waals surface area contributed by atoms with Gasteiger partial charge in [-0.2, -0.15) is 0 Å². The Morgan fingerprint density at radius 3 is 2.46 bits per heavy atom. The highest BCUT2D eigenvalue weighted by molar-refractivity contribution is 6.04. The SMILES string of the molecule is CCN1C(=O)C2CC3(CCN(Cc4ccc(C)c(C)c4)CC3)CN2C1=O. The van der Waals surface area contributed by atoms with Gasteiger partial charge in [0.05, 0.1) is 0 Å². The molecule has 5 heteroatoms. The van der Waals surface area contributed by atoms with E-state index >= 15 is 0 Å². The molecule has 4 rings (SSSR count). The number of urea groups is 1. The third-order valence-electron chi connectivity index (χ3n) is 6.75. The molecular formula is C21H29N3O2. The van der Waals surface area contributed by atoms with E-state index < -0.39 is 0 Å². The molecule has 3 fully saturated rings. The average Bonchev–Trinajstić information content (AvgIpc) is 3.09. The molecular weight excluding hydrogens is 326 g/mol. The number of carbonyl (C=O) groups excluding carboxylic acids is 2. The van der Waals surface area contributed by atoms with Crippen molar-refractivity contribution in [3.63, 3.8) is 0 Å².